The molecule has 174 valence electrons. The van der Waals surface area contributed by atoms with Crippen molar-refractivity contribution in [3.05, 3.63) is 48.5 Å². The van der Waals surface area contributed by atoms with Gasteiger partial charge in [0.2, 0.25) is 5.91 Å². The lowest BCUT2D eigenvalue weighted by atomic mass is 10.2. The van der Waals surface area contributed by atoms with Crippen molar-refractivity contribution in [1.29, 1.82) is 0 Å². The van der Waals surface area contributed by atoms with E-state index < -0.39 is 0 Å². The van der Waals surface area contributed by atoms with Crippen LogP contribution in [0.25, 0.3) is 17.1 Å². The Kier molecular flexibility index (Phi) is 7.54. The number of amides is 1. The molecule has 0 N–H and O–H groups in total. The molecule has 1 fully saturated rings. The van der Waals surface area contributed by atoms with Crippen LogP contribution in [0.4, 0.5) is 0 Å². The molecule has 0 aliphatic heterocycles. The first-order valence-corrected chi connectivity index (χ1v) is 12.3. The number of para-hydroxylation sites is 1. The van der Waals surface area contributed by atoms with Gasteiger partial charge in [0.1, 0.15) is 11.5 Å². The summed E-state index contributed by atoms with van der Waals surface area (Å²) in [6.45, 7) is 3.78. The lowest BCUT2D eigenvalue weighted by molar-refractivity contribution is -0.128. The molecule has 1 saturated carbocycles. The Bertz CT molecular complexity index is 1080. The molecule has 8 heteroatoms. The summed E-state index contributed by atoms with van der Waals surface area (Å²) in [7, 11) is 3.29. The first-order valence-electron chi connectivity index (χ1n) is 11.3. The molecule has 0 saturated heterocycles. The van der Waals surface area contributed by atoms with Crippen molar-refractivity contribution < 1.29 is 14.3 Å². The van der Waals surface area contributed by atoms with E-state index in [2.05, 4.69) is 17.1 Å². The first-order chi connectivity index (χ1) is 16.1. The summed E-state index contributed by atoms with van der Waals surface area (Å²) in [6, 6.07) is 15.5. The van der Waals surface area contributed by atoms with E-state index in [-0.39, 0.29) is 5.91 Å². The highest BCUT2D eigenvalue weighted by Gasteiger charge is 2.27. The van der Waals surface area contributed by atoms with Gasteiger partial charge in [-0.15, -0.1) is 10.2 Å². The normalized spacial score (nSPS) is 13.1. The van der Waals surface area contributed by atoms with Crippen LogP contribution in [0.2, 0.25) is 0 Å². The van der Waals surface area contributed by atoms with Crippen molar-refractivity contribution in [2.45, 2.75) is 31.3 Å². The van der Waals surface area contributed by atoms with E-state index in [1.165, 1.54) is 24.6 Å². The second-order valence-electron chi connectivity index (χ2n) is 8.11. The Hall–Kier alpha value is -3.00. The van der Waals surface area contributed by atoms with Gasteiger partial charge in [-0.25, -0.2) is 0 Å². The van der Waals surface area contributed by atoms with E-state index in [1.807, 2.05) is 58.0 Å². The average molecular weight is 467 g/mol. The van der Waals surface area contributed by atoms with Gasteiger partial charge in [0.05, 0.1) is 31.2 Å². The molecule has 7 nitrogen and oxygen atoms in total. The third-order valence-electron chi connectivity index (χ3n) is 5.66. The molecule has 2 aromatic carbocycles. The molecule has 1 amide bonds. The molecule has 0 unspecified atom stereocenters. The first kappa shape index (κ1) is 23.2. The highest BCUT2D eigenvalue weighted by atomic mass is 32.2. The number of carbonyl (C=O) groups is 1. The Morgan fingerprint density at radius 1 is 1.09 bits per heavy atom. The van der Waals surface area contributed by atoms with Crippen molar-refractivity contribution in [1.82, 2.24) is 19.7 Å². The summed E-state index contributed by atoms with van der Waals surface area (Å²) < 4.78 is 12.9. The van der Waals surface area contributed by atoms with Crippen LogP contribution in [0.15, 0.2) is 53.7 Å². The molecule has 1 heterocycles. The third-order valence-corrected chi connectivity index (χ3v) is 6.57. The monoisotopic (exact) mass is 466 g/mol. The van der Waals surface area contributed by atoms with Crippen LogP contribution in [0.1, 0.15) is 26.2 Å². The number of ether oxygens (including phenoxy) is 2. The smallest absolute Gasteiger partial charge is 0.233 e. The average Bonchev–Trinajstić information content (AvgIpc) is 3.58. The highest BCUT2D eigenvalue weighted by Crippen LogP contribution is 2.34. The van der Waals surface area contributed by atoms with Gasteiger partial charge in [-0.05, 0) is 61.6 Å². The molecule has 0 atom stereocenters. The number of rotatable bonds is 11. The Morgan fingerprint density at radius 2 is 1.85 bits per heavy atom. The molecule has 33 heavy (non-hydrogen) atoms. The number of aromatic nitrogens is 3. The molecule has 0 radical (unpaired) electrons. The van der Waals surface area contributed by atoms with Crippen LogP contribution in [0.5, 0.6) is 11.5 Å². The fourth-order valence-electron chi connectivity index (χ4n) is 3.75. The summed E-state index contributed by atoms with van der Waals surface area (Å²) in [6.07, 6.45) is 3.42. The van der Waals surface area contributed by atoms with Crippen molar-refractivity contribution in [3.63, 3.8) is 0 Å². The molecule has 0 spiro atoms. The summed E-state index contributed by atoms with van der Waals surface area (Å²) in [5.41, 5.74) is 1.72. The van der Waals surface area contributed by atoms with Gasteiger partial charge in [-0.3, -0.25) is 9.36 Å². The summed E-state index contributed by atoms with van der Waals surface area (Å²) in [5, 5.41) is 9.61. The SMILES string of the molecule is CCCN(CC1CC1)C(=O)CSc1nnc(-c2ccccc2OC)n1-c1ccc(OC)cc1. The number of carbonyl (C=O) groups excluding carboxylic acids is 1. The van der Waals surface area contributed by atoms with Crippen molar-refractivity contribution >= 4 is 17.7 Å². The van der Waals surface area contributed by atoms with Crippen LogP contribution >= 0.6 is 11.8 Å². The van der Waals surface area contributed by atoms with E-state index in [4.69, 9.17) is 9.47 Å². The molecular formula is C25H30N4O3S. The fourth-order valence-corrected chi connectivity index (χ4v) is 4.60. The van der Waals surface area contributed by atoms with Crippen molar-refractivity contribution in [3.8, 4) is 28.6 Å². The van der Waals surface area contributed by atoms with Crippen LogP contribution < -0.4 is 9.47 Å². The number of thioether (sulfide) groups is 1. The van der Waals surface area contributed by atoms with Crippen molar-refractivity contribution in [2.24, 2.45) is 5.92 Å². The van der Waals surface area contributed by atoms with Gasteiger partial charge in [0.15, 0.2) is 11.0 Å². The van der Waals surface area contributed by atoms with Gasteiger partial charge in [0.25, 0.3) is 0 Å². The minimum Gasteiger partial charge on any atom is -0.497 e. The Labute approximate surface area is 199 Å². The van der Waals surface area contributed by atoms with Gasteiger partial charge >= 0.3 is 0 Å². The van der Waals surface area contributed by atoms with Crippen molar-refractivity contribution in [2.75, 3.05) is 33.1 Å². The second-order valence-corrected chi connectivity index (χ2v) is 9.05. The Morgan fingerprint density at radius 3 is 2.52 bits per heavy atom. The van der Waals surface area contributed by atoms with Gasteiger partial charge in [-0.2, -0.15) is 0 Å². The van der Waals surface area contributed by atoms with E-state index in [0.29, 0.717) is 28.4 Å². The lowest BCUT2D eigenvalue weighted by Gasteiger charge is -2.21. The predicted octanol–water partition coefficient (Wildman–Crippen LogP) is 4.69. The largest absolute Gasteiger partial charge is 0.497 e. The maximum absolute atomic E-state index is 13.0. The molecular weight excluding hydrogens is 436 g/mol. The number of nitrogens with zero attached hydrogens (tertiary/aromatic N) is 4. The molecule has 3 aromatic rings. The zero-order valence-corrected chi connectivity index (χ0v) is 20.2. The van der Waals surface area contributed by atoms with Crippen LogP contribution in [0, 0.1) is 5.92 Å². The fraction of sp³-hybridized carbons (Fsp3) is 0.400. The maximum Gasteiger partial charge on any atom is 0.233 e. The van der Waals surface area contributed by atoms with Gasteiger partial charge in [0, 0.05) is 13.1 Å². The van der Waals surface area contributed by atoms with E-state index in [1.54, 1.807) is 14.2 Å². The van der Waals surface area contributed by atoms with E-state index >= 15 is 0 Å². The summed E-state index contributed by atoms with van der Waals surface area (Å²) in [5.74, 6) is 3.29. The maximum atomic E-state index is 13.0. The molecule has 4 rings (SSSR count). The summed E-state index contributed by atoms with van der Waals surface area (Å²) >= 11 is 1.42. The van der Waals surface area contributed by atoms with E-state index in [0.717, 1.165) is 36.5 Å². The Balaban J connectivity index is 1.64. The van der Waals surface area contributed by atoms with Crippen LogP contribution in [-0.4, -0.2) is 58.6 Å². The molecule has 1 aromatic heterocycles. The number of benzene rings is 2. The standard InChI is InChI=1S/C25H30N4O3S/c1-4-15-28(16-18-9-10-18)23(30)17-33-25-27-26-24(21-7-5-6-8-22(21)32-3)29(25)19-11-13-20(31-2)14-12-19/h5-8,11-14,18H,4,9-10,15-17H2,1-3H3. The van der Waals surface area contributed by atoms with E-state index in [9.17, 15) is 4.79 Å². The predicted molar refractivity (Wildman–Crippen MR) is 130 cm³/mol. The number of hydrogen-bond donors (Lipinski definition) is 0. The topological polar surface area (TPSA) is 69.5 Å². The third kappa shape index (κ3) is 5.50. The minimum atomic E-state index is 0.150. The highest BCUT2D eigenvalue weighted by molar-refractivity contribution is 7.99. The molecule has 0 bridgehead atoms. The van der Waals surface area contributed by atoms with Crippen LogP contribution in [-0.2, 0) is 4.79 Å². The number of hydrogen-bond acceptors (Lipinski definition) is 6. The zero-order valence-electron chi connectivity index (χ0n) is 19.4. The van der Waals surface area contributed by atoms with Gasteiger partial charge < -0.3 is 14.4 Å². The zero-order chi connectivity index (χ0) is 23.2. The molecule has 1 aliphatic carbocycles. The lowest BCUT2D eigenvalue weighted by Crippen LogP contribution is -2.35. The second kappa shape index (κ2) is 10.7. The number of methoxy groups -OCH3 is 2. The molecule has 1 aliphatic rings. The minimum absolute atomic E-state index is 0.150. The van der Waals surface area contributed by atoms with Crippen LogP contribution in [0.3, 0.4) is 0 Å². The van der Waals surface area contributed by atoms with Gasteiger partial charge in [-0.1, -0.05) is 30.8 Å². The quantitative estimate of drug-likeness (QED) is 0.382. The summed E-state index contributed by atoms with van der Waals surface area (Å²) in [4.78, 5) is 15.0.